The molecule has 2 aromatic carbocycles. The molecule has 166 valence electrons. The summed E-state index contributed by atoms with van der Waals surface area (Å²) in [6.07, 6.45) is 1.49. The van der Waals surface area contributed by atoms with E-state index < -0.39 is 0 Å². The minimum atomic E-state index is -0.259. The minimum Gasteiger partial charge on any atom is -0.368 e. The van der Waals surface area contributed by atoms with Gasteiger partial charge in [0, 0.05) is 50.5 Å². The summed E-state index contributed by atoms with van der Waals surface area (Å²) in [7, 11) is 1.76. The maximum absolute atomic E-state index is 12.9. The number of rotatable bonds is 5. The van der Waals surface area contributed by atoms with E-state index in [0.29, 0.717) is 11.5 Å². The Kier molecular flexibility index (Phi) is 5.72. The summed E-state index contributed by atoms with van der Waals surface area (Å²) < 4.78 is 1.59. The Bertz CT molecular complexity index is 1230. The van der Waals surface area contributed by atoms with E-state index in [2.05, 4.69) is 54.4 Å². The highest BCUT2D eigenvalue weighted by Gasteiger charge is 2.20. The van der Waals surface area contributed by atoms with E-state index in [1.54, 1.807) is 17.8 Å². The van der Waals surface area contributed by atoms with Crippen molar-refractivity contribution < 1.29 is 4.79 Å². The highest BCUT2D eigenvalue weighted by molar-refractivity contribution is 6.03. The maximum Gasteiger partial charge on any atom is 0.275 e. The van der Waals surface area contributed by atoms with Crippen LogP contribution in [0, 0.1) is 0 Å². The number of nitrogens with zero attached hydrogens (tertiary/aromatic N) is 6. The molecule has 0 spiro atoms. The molecule has 1 N–H and O–H groups in total. The second kappa shape index (κ2) is 9.12. The fourth-order valence-electron chi connectivity index (χ4n) is 4.03. The predicted octanol–water partition coefficient (Wildman–Crippen LogP) is 3.46. The Hall–Kier alpha value is -4.20. The van der Waals surface area contributed by atoms with Gasteiger partial charge in [0.15, 0.2) is 0 Å². The van der Waals surface area contributed by atoms with Gasteiger partial charge in [0.25, 0.3) is 5.91 Å². The molecule has 1 aliphatic heterocycles. The Morgan fingerprint density at radius 2 is 1.52 bits per heavy atom. The zero-order valence-corrected chi connectivity index (χ0v) is 18.4. The van der Waals surface area contributed by atoms with E-state index in [4.69, 9.17) is 0 Å². The van der Waals surface area contributed by atoms with Crippen molar-refractivity contribution in [1.29, 1.82) is 0 Å². The molecule has 4 aromatic rings. The fourth-order valence-corrected chi connectivity index (χ4v) is 4.03. The quantitative estimate of drug-likeness (QED) is 0.513. The lowest BCUT2D eigenvalue weighted by Gasteiger charge is -2.36. The first-order chi connectivity index (χ1) is 16.2. The van der Waals surface area contributed by atoms with E-state index in [-0.39, 0.29) is 5.91 Å². The van der Waals surface area contributed by atoms with Gasteiger partial charge in [-0.1, -0.05) is 48.5 Å². The molecule has 0 aliphatic carbocycles. The molecule has 1 aliphatic rings. The Morgan fingerprint density at radius 1 is 0.848 bits per heavy atom. The standard InChI is InChI=1S/C25H25N7O/c1-30-22(16-21(29-30)19-8-4-2-5-9-19)25(33)28-23-17-24(27-18-26-23)32-14-12-31(13-15-32)20-10-6-3-7-11-20/h2-11,16-18H,12-15H2,1H3,(H,26,27,28,33). The molecule has 33 heavy (non-hydrogen) atoms. The van der Waals surface area contributed by atoms with Crippen LogP contribution in [0.4, 0.5) is 17.3 Å². The molecule has 0 bridgehead atoms. The van der Waals surface area contributed by atoms with Gasteiger partial charge in [0.2, 0.25) is 0 Å². The highest BCUT2D eigenvalue weighted by atomic mass is 16.2. The van der Waals surface area contributed by atoms with Gasteiger partial charge >= 0.3 is 0 Å². The van der Waals surface area contributed by atoms with Crippen LogP contribution in [-0.2, 0) is 7.05 Å². The molecule has 8 heteroatoms. The van der Waals surface area contributed by atoms with Crippen LogP contribution in [0.1, 0.15) is 10.5 Å². The number of benzene rings is 2. The number of nitrogens with one attached hydrogen (secondary N) is 1. The number of amides is 1. The average Bonchev–Trinajstić information content (AvgIpc) is 3.27. The van der Waals surface area contributed by atoms with Crippen LogP contribution in [0.3, 0.4) is 0 Å². The lowest BCUT2D eigenvalue weighted by molar-refractivity contribution is 0.101. The monoisotopic (exact) mass is 439 g/mol. The summed E-state index contributed by atoms with van der Waals surface area (Å²) in [6, 6.07) is 23.8. The maximum atomic E-state index is 12.9. The molecular weight excluding hydrogens is 414 g/mol. The van der Waals surface area contributed by atoms with Crippen molar-refractivity contribution in [3.05, 3.63) is 84.8 Å². The molecule has 1 fully saturated rings. The summed E-state index contributed by atoms with van der Waals surface area (Å²) >= 11 is 0. The molecule has 5 rings (SSSR count). The zero-order chi connectivity index (χ0) is 22.6. The number of aryl methyl sites for hydroxylation is 1. The summed E-state index contributed by atoms with van der Waals surface area (Å²) in [6.45, 7) is 3.52. The number of hydrogen-bond donors (Lipinski definition) is 1. The van der Waals surface area contributed by atoms with Gasteiger partial charge in [0.05, 0.1) is 5.69 Å². The molecule has 1 amide bonds. The molecule has 0 saturated carbocycles. The topological polar surface area (TPSA) is 79.2 Å². The number of aromatic nitrogens is 4. The van der Waals surface area contributed by atoms with Crippen LogP contribution >= 0.6 is 0 Å². The molecule has 3 heterocycles. The number of piperazine rings is 1. The van der Waals surface area contributed by atoms with Crippen molar-refractivity contribution in [2.45, 2.75) is 0 Å². The van der Waals surface area contributed by atoms with E-state index in [0.717, 1.165) is 43.3 Å². The van der Waals surface area contributed by atoms with Crippen LogP contribution in [0.2, 0.25) is 0 Å². The lowest BCUT2D eigenvalue weighted by Crippen LogP contribution is -2.46. The second-order valence-corrected chi connectivity index (χ2v) is 7.93. The number of carbonyl (C=O) groups is 1. The van der Waals surface area contributed by atoms with E-state index >= 15 is 0 Å². The summed E-state index contributed by atoms with van der Waals surface area (Å²) in [4.78, 5) is 26.2. The van der Waals surface area contributed by atoms with E-state index in [1.165, 1.54) is 12.0 Å². The van der Waals surface area contributed by atoms with E-state index in [1.807, 2.05) is 42.5 Å². The lowest BCUT2D eigenvalue weighted by atomic mass is 10.1. The first-order valence-corrected chi connectivity index (χ1v) is 11.0. The SMILES string of the molecule is Cn1nc(-c2ccccc2)cc1C(=O)Nc1cc(N2CCN(c3ccccc3)CC2)ncn1. The molecular formula is C25H25N7O. The first kappa shape index (κ1) is 20.7. The number of anilines is 3. The summed E-state index contributed by atoms with van der Waals surface area (Å²) in [5, 5.41) is 7.37. The van der Waals surface area contributed by atoms with Gasteiger partial charge in [-0.05, 0) is 18.2 Å². The van der Waals surface area contributed by atoms with Crippen LogP contribution < -0.4 is 15.1 Å². The third-order valence-corrected chi connectivity index (χ3v) is 5.80. The smallest absolute Gasteiger partial charge is 0.275 e. The van der Waals surface area contributed by atoms with Crippen molar-refractivity contribution in [3.8, 4) is 11.3 Å². The molecule has 8 nitrogen and oxygen atoms in total. The third kappa shape index (κ3) is 4.55. The molecule has 0 radical (unpaired) electrons. The number of carbonyl (C=O) groups excluding carboxylic acids is 1. The summed E-state index contributed by atoms with van der Waals surface area (Å²) in [5.41, 5.74) is 3.42. The van der Waals surface area contributed by atoms with Gasteiger partial charge in [-0.2, -0.15) is 5.10 Å². The Labute approximate surface area is 192 Å². The number of para-hydroxylation sites is 1. The van der Waals surface area contributed by atoms with Crippen molar-refractivity contribution in [1.82, 2.24) is 19.7 Å². The van der Waals surface area contributed by atoms with Crippen molar-refractivity contribution in [2.75, 3.05) is 41.3 Å². The zero-order valence-electron chi connectivity index (χ0n) is 18.4. The molecule has 1 saturated heterocycles. The second-order valence-electron chi connectivity index (χ2n) is 7.93. The fraction of sp³-hybridized carbons (Fsp3) is 0.200. The van der Waals surface area contributed by atoms with E-state index in [9.17, 15) is 4.79 Å². The van der Waals surface area contributed by atoms with Crippen molar-refractivity contribution in [2.24, 2.45) is 7.05 Å². The van der Waals surface area contributed by atoms with Gasteiger partial charge in [-0.3, -0.25) is 9.48 Å². The van der Waals surface area contributed by atoms with Gasteiger partial charge < -0.3 is 15.1 Å². The molecule has 2 aromatic heterocycles. The average molecular weight is 440 g/mol. The third-order valence-electron chi connectivity index (χ3n) is 5.80. The first-order valence-electron chi connectivity index (χ1n) is 11.0. The largest absolute Gasteiger partial charge is 0.368 e. The molecule has 0 atom stereocenters. The molecule has 0 unspecified atom stereocenters. The Balaban J connectivity index is 1.26. The number of hydrogen-bond acceptors (Lipinski definition) is 6. The van der Waals surface area contributed by atoms with Gasteiger partial charge in [-0.15, -0.1) is 0 Å². The Morgan fingerprint density at radius 3 is 2.24 bits per heavy atom. The van der Waals surface area contributed by atoms with Gasteiger partial charge in [-0.25, -0.2) is 9.97 Å². The van der Waals surface area contributed by atoms with Crippen molar-refractivity contribution >= 4 is 23.2 Å². The van der Waals surface area contributed by atoms with Crippen LogP contribution in [0.5, 0.6) is 0 Å². The minimum absolute atomic E-state index is 0.259. The predicted molar refractivity (Wildman–Crippen MR) is 129 cm³/mol. The summed E-state index contributed by atoms with van der Waals surface area (Å²) in [5.74, 6) is 1.02. The van der Waals surface area contributed by atoms with Crippen LogP contribution in [0.15, 0.2) is 79.1 Å². The van der Waals surface area contributed by atoms with Crippen molar-refractivity contribution in [3.63, 3.8) is 0 Å². The van der Waals surface area contributed by atoms with Crippen LogP contribution in [-0.4, -0.2) is 51.8 Å². The van der Waals surface area contributed by atoms with Gasteiger partial charge in [0.1, 0.15) is 23.7 Å². The normalized spacial score (nSPS) is 13.7. The highest BCUT2D eigenvalue weighted by Crippen LogP contribution is 2.22. The van der Waals surface area contributed by atoms with Crippen LogP contribution in [0.25, 0.3) is 11.3 Å².